The molecular weight excluding hydrogens is 190 g/mol. The van der Waals surface area contributed by atoms with Crippen molar-refractivity contribution in [2.45, 2.75) is 0 Å². The van der Waals surface area contributed by atoms with E-state index in [-0.39, 0.29) is 0 Å². The molecule has 0 bridgehead atoms. The second-order valence-electron chi connectivity index (χ2n) is 3.71. The maximum absolute atomic E-state index is 5.60. The lowest BCUT2D eigenvalue weighted by atomic mass is 10.4. The van der Waals surface area contributed by atoms with E-state index in [2.05, 4.69) is 9.88 Å². The quantitative estimate of drug-likeness (QED) is 0.753. The summed E-state index contributed by atoms with van der Waals surface area (Å²) < 4.78 is 7.56. The number of fused-ring (bicyclic) bond motifs is 1. The molecule has 0 N–H and O–H groups in total. The largest absolute Gasteiger partial charge is 0.492 e. The Morgan fingerprint density at radius 2 is 2.27 bits per heavy atom. The molecule has 15 heavy (non-hydrogen) atoms. The molecule has 0 saturated carbocycles. The fourth-order valence-corrected chi connectivity index (χ4v) is 1.33. The summed E-state index contributed by atoms with van der Waals surface area (Å²) in [4.78, 5) is 6.29. The highest BCUT2D eigenvalue weighted by Gasteiger charge is 1.98. The summed E-state index contributed by atoms with van der Waals surface area (Å²) in [6.45, 7) is 1.61. The van der Waals surface area contributed by atoms with E-state index in [1.54, 1.807) is 6.20 Å². The van der Waals surface area contributed by atoms with Crippen molar-refractivity contribution in [3.63, 3.8) is 0 Å². The molecule has 0 radical (unpaired) electrons. The molecule has 0 aliphatic rings. The van der Waals surface area contributed by atoms with E-state index >= 15 is 0 Å². The minimum atomic E-state index is 0.698. The average molecular weight is 205 g/mol. The molecule has 0 aromatic carbocycles. The van der Waals surface area contributed by atoms with Gasteiger partial charge >= 0.3 is 0 Å². The monoisotopic (exact) mass is 205 g/mol. The van der Waals surface area contributed by atoms with Gasteiger partial charge in [0.1, 0.15) is 18.0 Å². The van der Waals surface area contributed by atoms with Crippen LogP contribution in [0.15, 0.2) is 30.7 Å². The number of pyridine rings is 1. The van der Waals surface area contributed by atoms with E-state index in [1.807, 2.05) is 43.0 Å². The van der Waals surface area contributed by atoms with Gasteiger partial charge < -0.3 is 14.0 Å². The van der Waals surface area contributed by atoms with Gasteiger partial charge in [-0.25, -0.2) is 4.98 Å². The molecule has 4 heteroatoms. The number of rotatable bonds is 4. The van der Waals surface area contributed by atoms with Crippen molar-refractivity contribution in [2.24, 2.45) is 0 Å². The number of aromatic nitrogens is 2. The predicted molar refractivity (Wildman–Crippen MR) is 59.2 cm³/mol. The normalized spacial score (nSPS) is 11.1. The van der Waals surface area contributed by atoms with Gasteiger partial charge in [0.25, 0.3) is 0 Å². The number of nitrogens with zero attached hydrogens (tertiary/aromatic N) is 3. The third kappa shape index (κ3) is 2.47. The molecule has 0 unspecified atom stereocenters. The Hall–Kier alpha value is -1.55. The van der Waals surface area contributed by atoms with Gasteiger partial charge in [-0.3, -0.25) is 0 Å². The number of ether oxygens (including phenoxy) is 1. The second-order valence-corrected chi connectivity index (χ2v) is 3.71. The molecule has 4 nitrogen and oxygen atoms in total. The van der Waals surface area contributed by atoms with Crippen LogP contribution in [-0.4, -0.2) is 41.5 Å². The number of imidazole rings is 1. The zero-order valence-electron chi connectivity index (χ0n) is 9.05. The van der Waals surface area contributed by atoms with Crippen molar-refractivity contribution in [1.29, 1.82) is 0 Å². The smallest absolute Gasteiger partial charge is 0.140 e. The first-order valence-electron chi connectivity index (χ1n) is 4.96. The molecule has 80 valence electrons. The molecule has 2 aromatic heterocycles. The van der Waals surface area contributed by atoms with E-state index in [0.29, 0.717) is 6.61 Å². The van der Waals surface area contributed by atoms with E-state index in [9.17, 15) is 0 Å². The van der Waals surface area contributed by atoms with Crippen LogP contribution < -0.4 is 4.74 Å². The molecule has 0 saturated heterocycles. The molecule has 0 aliphatic heterocycles. The Labute approximate surface area is 89.1 Å². The fraction of sp³-hybridized carbons (Fsp3) is 0.364. The summed E-state index contributed by atoms with van der Waals surface area (Å²) in [5, 5.41) is 0. The van der Waals surface area contributed by atoms with E-state index < -0.39 is 0 Å². The van der Waals surface area contributed by atoms with Crippen LogP contribution in [0.3, 0.4) is 0 Å². The van der Waals surface area contributed by atoms with Crippen LogP contribution in [0.25, 0.3) is 5.65 Å². The highest BCUT2D eigenvalue weighted by molar-refractivity contribution is 5.43. The second kappa shape index (κ2) is 4.31. The average Bonchev–Trinajstić information content (AvgIpc) is 2.64. The topological polar surface area (TPSA) is 29.8 Å². The van der Waals surface area contributed by atoms with E-state index in [0.717, 1.165) is 17.9 Å². The van der Waals surface area contributed by atoms with Crippen molar-refractivity contribution in [3.05, 3.63) is 30.7 Å². The molecule has 2 aromatic rings. The maximum atomic E-state index is 5.60. The lowest BCUT2D eigenvalue weighted by molar-refractivity contribution is 0.261. The molecular formula is C11H15N3O. The minimum absolute atomic E-state index is 0.698. The van der Waals surface area contributed by atoms with Gasteiger partial charge in [-0.15, -0.1) is 0 Å². The summed E-state index contributed by atoms with van der Waals surface area (Å²) in [7, 11) is 4.06. The van der Waals surface area contributed by atoms with Crippen LogP contribution >= 0.6 is 0 Å². The Balaban J connectivity index is 2.02. The molecule has 0 amide bonds. The Morgan fingerprint density at radius 1 is 1.40 bits per heavy atom. The summed E-state index contributed by atoms with van der Waals surface area (Å²) in [5.74, 6) is 0.871. The third-order valence-electron chi connectivity index (χ3n) is 2.18. The van der Waals surface area contributed by atoms with Crippen LogP contribution in [-0.2, 0) is 0 Å². The van der Waals surface area contributed by atoms with E-state index in [1.165, 1.54) is 0 Å². The predicted octanol–water partition coefficient (Wildman–Crippen LogP) is 1.27. The zero-order valence-corrected chi connectivity index (χ0v) is 9.05. The van der Waals surface area contributed by atoms with Crippen molar-refractivity contribution in [3.8, 4) is 5.75 Å². The van der Waals surface area contributed by atoms with Gasteiger partial charge in [0.2, 0.25) is 0 Å². The number of likely N-dealkylation sites (N-methyl/N-ethyl adjacent to an activating group) is 1. The van der Waals surface area contributed by atoms with Crippen molar-refractivity contribution in [1.82, 2.24) is 14.3 Å². The summed E-state index contributed by atoms with van der Waals surface area (Å²) in [6.07, 6.45) is 5.64. The van der Waals surface area contributed by atoms with Crippen LogP contribution in [0.1, 0.15) is 0 Å². The summed E-state index contributed by atoms with van der Waals surface area (Å²) >= 11 is 0. The van der Waals surface area contributed by atoms with Gasteiger partial charge in [-0.1, -0.05) is 0 Å². The van der Waals surface area contributed by atoms with Gasteiger partial charge in [0.15, 0.2) is 0 Å². The molecule has 2 heterocycles. The van der Waals surface area contributed by atoms with Gasteiger partial charge in [0.05, 0.1) is 0 Å². The highest BCUT2D eigenvalue weighted by atomic mass is 16.5. The minimum Gasteiger partial charge on any atom is -0.492 e. The Kier molecular flexibility index (Phi) is 2.87. The van der Waals surface area contributed by atoms with Crippen molar-refractivity contribution < 1.29 is 4.74 Å². The van der Waals surface area contributed by atoms with Crippen LogP contribution in [0.4, 0.5) is 0 Å². The van der Waals surface area contributed by atoms with E-state index in [4.69, 9.17) is 4.74 Å². The Bertz CT molecular complexity index is 436. The van der Waals surface area contributed by atoms with Crippen molar-refractivity contribution in [2.75, 3.05) is 27.2 Å². The highest BCUT2D eigenvalue weighted by Crippen LogP contribution is 2.12. The number of hydrogen-bond donors (Lipinski definition) is 0. The van der Waals surface area contributed by atoms with Crippen LogP contribution in [0.5, 0.6) is 5.75 Å². The Morgan fingerprint density at radius 3 is 3.07 bits per heavy atom. The molecule has 0 atom stereocenters. The lowest BCUT2D eigenvalue weighted by Crippen LogP contribution is -2.19. The first kappa shape index (κ1) is 9.98. The SMILES string of the molecule is CN(C)CCOc1ccn2ccnc2c1. The van der Waals surface area contributed by atoms with Gasteiger partial charge in [-0.05, 0) is 20.2 Å². The molecule has 2 rings (SSSR count). The first-order valence-corrected chi connectivity index (χ1v) is 4.96. The molecule has 0 spiro atoms. The van der Waals surface area contributed by atoms with Crippen LogP contribution in [0.2, 0.25) is 0 Å². The van der Waals surface area contributed by atoms with Crippen molar-refractivity contribution >= 4 is 5.65 Å². The molecule has 0 fully saturated rings. The zero-order chi connectivity index (χ0) is 10.7. The lowest BCUT2D eigenvalue weighted by Gasteiger charge is -2.10. The third-order valence-corrected chi connectivity index (χ3v) is 2.18. The van der Waals surface area contributed by atoms with Gasteiger partial charge in [-0.2, -0.15) is 0 Å². The number of hydrogen-bond acceptors (Lipinski definition) is 3. The standard InChI is InChI=1S/C11H15N3O/c1-13(2)7-8-15-10-3-5-14-6-4-12-11(14)9-10/h3-6,9H,7-8H2,1-2H3. The van der Waals surface area contributed by atoms with Gasteiger partial charge in [0, 0.05) is 31.2 Å². The van der Waals surface area contributed by atoms with Crippen LogP contribution in [0, 0.1) is 0 Å². The summed E-state index contributed by atoms with van der Waals surface area (Å²) in [5.41, 5.74) is 0.914. The first-order chi connectivity index (χ1) is 7.25. The summed E-state index contributed by atoms with van der Waals surface area (Å²) in [6, 6.07) is 3.89. The maximum Gasteiger partial charge on any atom is 0.140 e. The molecule has 0 aliphatic carbocycles. The fourth-order valence-electron chi connectivity index (χ4n) is 1.33.